The van der Waals surface area contributed by atoms with Gasteiger partial charge in [0.05, 0.1) is 0 Å². The molecule has 1 aliphatic carbocycles. The average Bonchev–Trinajstić information content (AvgIpc) is 0.793. The molecule has 0 radical (unpaired) electrons. The average molecular weight is 1300 g/mol. The Bertz CT molecular complexity index is 4060. The summed E-state index contributed by atoms with van der Waals surface area (Å²) in [4.78, 5) is 32.5. The molecule has 492 valence electrons. The summed E-state index contributed by atoms with van der Waals surface area (Å²) in [7, 11) is -4.35. The van der Waals surface area contributed by atoms with Crippen LogP contribution in [0.3, 0.4) is 0 Å². The third kappa shape index (κ3) is 14.6. The molecule has 0 saturated carbocycles. The molecule has 0 fully saturated rings. The summed E-state index contributed by atoms with van der Waals surface area (Å²) < 4.78 is 57.4. The molecule has 8 bridgehead atoms. The number of likely N-dealkylation sites (N-methyl/N-ethyl adjacent to an activating group) is 2. The molecule has 0 aliphatic heterocycles. The Labute approximate surface area is 556 Å². The van der Waals surface area contributed by atoms with Gasteiger partial charge in [0.25, 0.3) is 11.8 Å². The molecule has 2 heterocycles. The third-order valence-corrected chi connectivity index (χ3v) is 20.1. The highest BCUT2D eigenvalue weighted by atomic mass is 31.1. The SMILES string of the molecule is CCN(CC)C(=O)COc1c2cc(C(C)(C)C)cc1Cc1cc(C(C)(C)C)cc(c1Op1oc3ccccc3c3ccccc3o1)Cc1cc(C(C)(C)C)cc(c1OCC(=O)N(CC)CC)Cc1cc(C(C)(C)C)cc(c1Op1oc3ccccc3c3ccccc3o1)C2. The zero-order chi connectivity index (χ0) is 67.0. The number of para-hydroxylation sites is 4. The fraction of sp³-hybridized carbons (Fsp3) is 0.375. The van der Waals surface area contributed by atoms with Crippen molar-refractivity contribution in [1.82, 2.24) is 9.80 Å². The molecule has 11 rings (SSSR count). The van der Waals surface area contributed by atoms with E-state index in [9.17, 15) is 9.59 Å². The van der Waals surface area contributed by atoms with Crippen LogP contribution >= 0.6 is 16.5 Å². The topological polar surface area (TPSA) is 130 Å². The minimum atomic E-state index is -2.18. The zero-order valence-electron chi connectivity index (χ0n) is 57.8. The lowest BCUT2D eigenvalue weighted by molar-refractivity contribution is -0.133. The zero-order valence-corrected chi connectivity index (χ0v) is 59.6. The van der Waals surface area contributed by atoms with Gasteiger partial charge in [-0.15, -0.1) is 0 Å². The predicted octanol–water partition coefficient (Wildman–Crippen LogP) is 20.9. The van der Waals surface area contributed by atoms with Crippen molar-refractivity contribution >= 4 is 72.2 Å². The maximum Gasteiger partial charge on any atom is 0.453 e. The Morgan fingerprint density at radius 3 is 0.777 bits per heavy atom. The normalized spacial score (nSPS) is 12.9. The van der Waals surface area contributed by atoms with Crippen LogP contribution in [-0.4, -0.2) is 61.0 Å². The molecule has 12 nitrogen and oxygen atoms in total. The first-order valence-electron chi connectivity index (χ1n) is 33.2. The second-order valence-electron chi connectivity index (χ2n) is 28.9. The molecule has 0 saturated heterocycles. The number of hydrogen-bond donors (Lipinski definition) is 0. The quantitative estimate of drug-likeness (QED) is 0.104. The molecule has 0 N–H and O–H groups in total. The highest BCUT2D eigenvalue weighted by molar-refractivity contribution is 7.32. The van der Waals surface area contributed by atoms with Crippen molar-refractivity contribution in [3.05, 3.63) is 212 Å². The predicted molar refractivity (Wildman–Crippen MR) is 383 cm³/mol. The maximum absolute atomic E-state index is 14.4. The maximum atomic E-state index is 14.4. The number of amides is 2. The summed E-state index contributed by atoms with van der Waals surface area (Å²) in [6.45, 7) is 36.6. The number of carbonyl (C=O) groups excluding carboxylic acids is 2. The Kier molecular flexibility index (Phi) is 19.4. The van der Waals surface area contributed by atoms with E-state index in [0.717, 1.165) is 88.3 Å². The Hall–Kier alpha value is -8.30. The highest BCUT2D eigenvalue weighted by Crippen LogP contribution is 2.49. The number of carbonyl (C=O) groups is 2. The van der Waals surface area contributed by atoms with Crippen LogP contribution in [-0.2, 0) is 56.9 Å². The van der Waals surface area contributed by atoms with Gasteiger partial charge in [-0.25, -0.2) is 0 Å². The van der Waals surface area contributed by atoms with E-state index in [2.05, 4.69) is 132 Å². The second-order valence-corrected chi connectivity index (χ2v) is 30.9. The lowest BCUT2D eigenvalue weighted by atomic mass is 9.79. The van der Waals surface area contributed by atoms with Gasteiger partial charge in [0, 0.05) is 95.7 Å². The van der Waals surface area contributed by atoms with E-state index in [1.54, 1.807) is 0 Å². The van der Waals surface area contributed by atoms with Crippen LogP contribution in [0.1, 0.15) is 178 Å². The molecule has 0 atom stereocenters. The third-order valence-electron chi connectivity index (χ3n) is 18.0. The van der Waals surface area contributed by atoms with Crippen LogP contribution in [0.5, 0.6) is 23.0 Å². The van der Waals surface area contributed by atoms with Crippen LogP contribution in [0.25, 0.3) is 43.9 Å². The van der Waals surface area contributed by atoms with Gasteiger partial charge in [0.15, 0.2) is 13.2 Å². The summed E-state index contributed by atoms with van der Waals surface area (Å²) in [5.41, 5.74) is 12.4. The molecule has 0 spiro atoms. The van der Waals surface area contributed by atoms with Gasteiger partial charge in [-0.3, -0.25) is 9.59 Å². The molecule has 2 aromatic heterocycles. The van der Waals surface area contributed by atoms with Crippen molar-refractivity contribution < 1.29 is 44.9 Å². The first-order valence-corrected chi connectivity index (χ1v) is 35.4. The summed E-state index contributed by atoms with van der Waals surface area (Å²) >= 11 is 0. The number of hydrogen-bond acceptors (Lipinski definition) is 10. The highest BCUT2D eigenvalue weighted by Gasteiger charge is 2.32. The second kappa shape index (κ2) is 27.2. The van der Waals surface area contributed by atoms with Crippen LogP contribution in [0.2, 0.25) is 0 Å². The Morgan fingerprint density at radius 2 is 0.564 bits per heavy atom. The number of ether oxygens (including phenoxy) is 2. The smallest absolute Gasteiger partial charge is 0.453 e. The van der Waals surface area contributed by atoms with E-state index in [1.807, 2.05) is 135 Å². The van der Waals surface area contributed by atoms with Crippen molar-refractivity contribution in [2.45, 2.75) is 158 Å². The van der Waals surface area contributed by atoms with E-state index < -0.39 is 16.5 Å². The van der Waals surface area contributed by atoms with Gasteiger partial charge in [0.2, 0.25) is 0 Å². The Balaban J connectivity index is 1.28. The van der Waals surface area contributed by atoms with Crippen LogP contribution < -0.4 is 18.5 Å². The van der Waals surface area contributed by atoms with Gasteiger partial charge in [0.1, 0.15) is 45.3 Å². The molecule has 2 amide bonds. The summed E-state index contributed by atoms with van der Waals surface area (Å²) in [6, 6.07) is 50.0. The van der Waals surface area contributed by atoms with Gasteiger partial charge in [-0.2, -0.15) is 0 Å². The van der Waals surface area contributed by atoms with Crippen molar-refractivity contribution in [3.8, 4) is 23.0 Å². The number of benzene rings is 8. The molecule has 1 aliphatic rings. The first kappa shape index (κ1) is 67.1. The minimum Gasteiger partial charge on any atom is -0.483 e. The number of fused-ring (bicyclic) bond motifs is 14. The largest absolute Gasteiger partial charge is 0.483 e. The number of rotatable bonds is 14. The van der Waals surface area contributed by atoms with E-state index in [0.29, 0.717) is 97.2 Å². The van der Waals surface area contributed by atoms with Gasteiger partial charge in [-0.1, -0.05) is 204 Å². The van der Waals surface area contributed by atoms with E-state index in [-0.39, 0.29) is 46.7 Å². The van der Waals surface area contributed by atoms with Crippen LogP contribution in [0, 0.1) is 0 Å². The molecule has 8 aromatic carbocycles. The fourth-order valence-corrected chi connectivity index (χ4v) is 14.8. The Morgan fingerprint density at radius 1 is 0.351 bits per heavy atom. The first-order chi connectivity index (χ1) is 44.7. The molecular weight excluding hydrogens is 1210 g/mol. The van der Waals surface area contributed by atoms with Gasteiger partial charge < -0.3 is 45.1 Å². The van der Waals surface area contributed by atoms with E-state index in [1.165, 1.54) is 0 Å². The standard InChI is InChI=1S/C80H92N2O10P2/c1-17-81(18-2)71(83)49-85-73-51-37-55-45-61(79(11,12)13)47-57(75(55)91-93-87-67-33-25-21-29-63(67)64-30-22-26-34-68(64)88-93)39-53-43-60(78(8,9)10)44-54(74(53)86-50-72(84)82(19-3)20-4)40-58-48-62(80(14,15)16)46-56(38-52(73)42-59(41-51)77(5,6)7)76(58)92-94-89-69-35-27-23-31-65(69)66-32-24-28-36-70(66)90-94/h21-36,41-48H,17-20,37-40,49-50H2,1-16H3. The lowest BCUT2D eigenvalue weighted by Gasteiger charge is -2.29. The van der Waals surface area contributed by atoms with E-state index in [4.69, 9.17) is 35.3 Å². The van der Waals surface area contributed by atoms with Crippen molar-refractivity contribution in [1.29, 1.82) is 0 Å². The van der Waals surface area contributed by atoms with Gasteiger partial charge >= 0.3 is 16.5 Å². The molecule has 0 unspecified atom stereocenters. The summed E-state index contributed by atoms with van der Waals surface area (Å²) in [5, 5.41) is 3.60. The molecule has 14 heteroatoms. The van der Waals surface area contributed by atoms with Crippen LogP contribution in [0.15, 0.2) is 162 Å². The van der Waals surface area contributed by atoms with Gasteiger partial charge in [-0.05, 0) is 118 Å². The van der Waals surface area contributed by atoms with Crippen molar-refractivity contribution in [2.24, 2.45) is 0 Å². The lowest BCUT2D eigenvalue weighted by Crippen LogP contribution is -2.34. The molecular formula is C80H92N2O10P2. The van der Waals surface area contributed by atoms with Crippen molar-refractivity contribution in [2.75, 3.05) is 39.4 Å². The fourth-order valence-electron chi connectivity index (χ4n) is 12.5. The minimum absolute atomic E-state index is 0.115. The van der Waals surface area contributed by atoms with E-state index >= 15 is 0 Å². The molecule has 94 heavy (non-hydrogen) atoms. The summed E-state index contributed by atoms with van der Waals surface area (Å²) in [5.74, 6) is 2.15. The summed E-state index contributed by atoms with van der Waals surface area (Å²) in [6.07, 6.45) is 1.25. The monoisotopic (exact) mass is 1300 g/mol. The van der Waals surface area contributed by atoms with Crippen LogP contribution in [0.4, 0.5) is 0 Å². The van der Waals surface area contributed by atoms with Crippen molar-refractivity contribution in [3.63, 3.8) is 0 Å². The number of nitrogens with zero attached hydrogens (tertiary/aromatic N) is 2. The molecule has 10 aromatic rings.